The zero-order valence-corrected chi connectivity index (χ0v) is 14.0. The van der Waals surface area contributed by atoms with Crippen LogP contribution in [-0.4, -0.2) is 29.8 Å². The van der Waals surface area contributed by atoms with E-state index >= 15 is 0 Å². The van der Waals surface area contributed by atoms with Crippen LogP contribution in [0.4, 0.5) is 5.95 Å². The molecule has 0 aliphatic rings. The second-order valence-electron chi connectivity index (χ2n) is 4.09. The first kappa shape index (κ1) is 14.6. The van der Waals surface area contributed by atoms with Crippen molar-refractivity contribution in [2.45, 2.75) is 6.92 Å². The summed E-state index contributed by atoms with van der Waals surface area (Å²) in [5.41, 5.74) is 2.01. The lowest BCUT2D eigenvalue weighted by molar-refractivity contribution is 0.210. The maximum Gasteiger partial charge on any atom is 0.207 e. The first-order valence-corrected chi connectivity index (χ1v) is 7.44. The third kappa shape index (κ3) is 3.58. The lowest BCUT2D eigenvalue weighted by Gasteiger charge is -2.11. The molecule has 0 aliphatic heterocycles. The highest BCUT2D eigenvalue weighted by atomic mass is 79.9. The summed E-state index contributed by atoms with van der Waals surface area (Å²) in [4.78, 5) is 4.49. The summed E-state index contributed by atoms with van der Waals surface area (Å²) in [6, 6.07) is 6.06. The summed E-state index contributed by atoms with van der Waals surface area (Å²) in [5.74, 6) is 0.817. The van der Waals surface area contributed by atoms with Crippen LogP contribution in [0.1, 0.15) is 5.69 Å². The number of nitrogens with zero attached hydrogens (tertiary/aromatic N) is 2. The molecule has 1 N–H and O–H groups in total. The molecule has 0 radical (unpaired) electrons. The number of benzene rings is 1. The monoisotopic (exact) mass is 387 g/mol. The minimum atomic E-state index is 0.646. The molecule has 0 spiro atoms. The van der Waals surface area contributed by atoms with E-state index in [2.05, 4.69) is 42.2 Å². The average molecular weight is 389 g/mol. The number of halogens is 2. The Labute approximate surface area is 129 Å². The number of hydrogen-bond donors (Lipinski definition) is 1. The van der Waals surface area contributed by atoms with Gasteiger partial charge in [0.2, 0.25) is 5.95 Å². The Kier molecular flexibility index (Phi) is 5.01. The summed E-state index contributed by atoms with van der Waals surface area (Å²) in [6.45, 7) is 3.35. The van der Waals surface area contributed by atoms with Gasteiger partial charge in [-0.25, -0.2) is 4.98 Å². The van der Waals surface area contributed by atoms with Crippen LogP contribution >= 0.6 is 31.9 Å². The van der Waals surface area contributed by atoms with E-state index in [4.69, 9.17) is 4.74 Å². The molecular weight excluding hydrogens is 374 g/mol. The summed E-state index contributed by atoms with van der Waals surface area (Å²) in [7, 11) is 1.69. The second kappa shape index (κ2) is 6.54. The maximum atomic E-state index is 5.04. The summed E-state index contributed by atoms with van der Waals surface area (Å²) < 4.78 is 9.11. The smallest absolute Gasteiger partial charge is 0.207 e. The van der Waals surface area contributed by atoms with Gasteiger partial charge < -0.3 is 10.1 Å². The van der Waals surface area contributed by atoms with Gasteiger partial charge in [0.25, 0.3) is 0 Å². The first-order chi connectivity index (χ1) is 9.11. The third-order valence-corrected chi connectivity index (χ3v) is 3.71. The van der Waals surface area contributed by atoms with Crippen molar-refractivity contribution in [2.24, 2.45) is 0 Å². The van der Waals surface area contributed by atoms with Crippen molar-refractivity contribution in [3.05, 3.63) is 39.0 Å². The summed E-state index contributed by atoms with van der Waals surface area (Å²) >= 11 is 7.03. The Hall–Kier alpha value is -0.850. The van der Waals surface area contributed by atoms with Gasteiger partial charge in [0.1, 0.15) is 0 Å². The van der Waals surface area contributed by atoms with Gasteiger partial charge in [0, 0.05) is 28.8 Å². The van der Waals surface area contributed by atoms with Crippen LogP contribution in [0, 0.1) is 6.92 Å². The molecular formula is C13H15Br2N3O. The average Bonchev–Trinajstić information content (AvgIpc) is 2.71. The molecule has 1 aromatic heterocycles. The van der Waals surface area contributed by atoms with Crippen LogP contribution in [0.15, 0.2) is 33.3 Å². The molecule has 2 rings (SSSR count). The predicted octanol–water partition coefficient (Wildman–Crippen LogP) is 3.76. The number of anilines is 1. The van der Waals surface area contributed by atoms with E-state index in [9.17, 15) is 0 Å². The molecule has 0 saturated carbocycles. The van der Waals surface area contributed by atoms with Crippen LogP contribution in [-0.2, 0) is 4.74 Å². The highest BCUT2D eigenvalue weighted by Crippen LogP contribution is 2.27. The zero-order valence-electron chi connectivity index (χ0n) is 10.8. The minimum absolute atomic E-state index is 0.646. The van der Waals surface area contributed by atoms with E-state index in [1.165, 1.54) is 0 Å². The number of aromatic nitrogens is 2. The van der Waals surface area contributed by atoms with Crippen LogP contribution < -0.4 is 5.32 Å². The van der Waals surface area contributed by atoms with Crippen LogP contribution in [0.5, 0.6) is 0 Å². The number of nitrogens with one attached hydrogen (secondary N) is 1. The van der Waals surface area contributed by atoms with Crippen LogP contribution in [0.2, 0.25) is 0 Å². The molecule has 0 fully saturated rings. The second-order valence-corrected chi connectivity index (χ2v) is 5.86. The van der Waals surface area contributed by atoms with Gasteiger partial charge in [-0.3, -0.25) is 4.57 Å². The summed E-state index contributed by atoms with van der Waals surface area (Å²) in [5, 5.41) is 3.27. The van der Waals surface area contributed by atoms with E-state index in [0.717, 1.165) is 32.8 Å². The predicted molar refractivity (Wildman–Crippen MR) is 84.1 cm³/mol. The van der Waals surface area contributed by atoms with Gasteiger partial charge in [-0.1, -0.05) is 15.9 Å². The quantitative estimate of drug-likeness (QED) is 0.792. The topological polar surface area (TPSA) is 39.1 Å². The van der Waals surface area contributed by atoms with Crippen molar-refractivity contribution in [1.82, 2.24) is 9.55 Å². The Balaban J connectivity index is 2.32. The highest BCUT2D eigenvalue weighted by Gasteiger charge is 2.10. The van der Waals surface area contributed by atoms with Gasteiger partial charge in [0.05, 0.1) is 18.0 Å². The number of ether oxygens (including phenoxy) is 1. The van der Waals surface area contributed by atoms with Crippen molar-refractivity contribution in [2.75, 3.05) is 25.6 Å². The molecule has 4 nitrogen and oxygen atoms in total. The van der Waals surface area contributed by atoms with Crippen molar-refractivity contribution >= 4 is 37.8 Å². The highest BCUT2D eigenvalue weighted by molar-refractivity contribution is 9.11. The van der Waals surface area contributed by atoms with E-state index in [1.54, 1.807) is 7.11 Å². The van der Waals surface area contributed by atoms with Crippen LogP contribution in [0.3, 0.4) is 0 Å². The number of imidazole rings is 1. The van der Waals surface area contributed by atoms with Crippen molar-refractivity contribution in [3.8, 4) is 5.69 Å². The number of aryl methyl sites for hydroxylation is 1. The Morgan fingerprint density at radius 2 is 2.16 bits per heavy atom. The zero-order chi connectivity index (χ0) is 13.8. The molecule has 6 heteroatoms. The fraction of sp³-hybridized carbons (Fsp3) is 0.308. The van der Waals surface area contributed by atoms with E-state index in [-0.39, 0.29) is 0 Å². The van der Waals surface area contributed by atoms with Crippen LogP contribution in [0.25, 0.3) is 5.69 Å². The molecule has 0 bridgehead atoms. The summed E-state index contributed by atoms with van der Waals surface area (Å²) in [6.07, 6.45) is 2.00. The molecule has 1 heterocycles. The van der Waals surface area contributed by atoms with Crippen molar-refractivity contribution in [1.29, 1.82) is 0 Å². The molecule has 1 aromatic carbocycles. The molecule has 102 valence electrons. The van der Waals surface area contributed by atoms with E-state index < -0.39 is 0 Å². The molecule has 0 unspecified atom stereocenters. The largest absolute Gasteiger partial charge is 0.383 e. The Morgan fingerprint density at radius 1 is 1.37 bits per heavy atom. The lowest BCUT2D eigenvalue weighted by atomic mass is 10.3. The molecule has 0 aliphatic carbocycles. The molecule has 0 saturated heterocycles. The van der Waals surface area contributed by atoms with Gasteiger partial charge in [-0.15, -0.1) is 0 Å². The Bertz CT molecular complexity index is 569. The SMILES string of the molecule is COCCNc1nc(C)cn1-c1ccc(Br)cc1Br. The Morgan fingerprint density at radius 3 is 2.84 bits per heavy atom. The number of methoxy groups -OCH3 is 1. The molecule has 19 heavy (non-hydrogen) atoms. The van der Waals surface area contributed by atoms with Gasteiger partial charge in [-0.05, 0) is 41.1 Å². The first-order valence-electron chi connectivity index (χ1n) is 5.86. The maximum absolute atomic E-state index is 5.04. The standard InChI is InChI=1S/C13H15Br2N3O/c1-9-8-18(13(17-9)16-5-6-19-2)12-4-3-10(14)7-11(12)15/h3-4,7-8H,5-6H2,1-2H3,(H,16,17). The van der Waals surface area contributed by atoms with E-state index in [0.29, 0.717) is 6.61 Å². The van der Waals surface area contributed by atoms with Crippen molar-refractivity contribution in [3.63, 3.8) is 0 Å². The molecule has 0 amide bonds. The minimum Gasteiger partial charge on any atom is -0.383 e. The van der Waals surface area contributed by atoms with Gasteiger partial charge >= 0.3 is 0 Å². The fourth-order valence-corrected chi connectivity index (χ4v) is 2.99. The van der Waals surface area contributed by atoms with Gasteiger partial charge in [0.15, 0.2) is 0 Å². The third-order valence-electron chi connectivity index (χ3n) is 2.58. The molecule has 0 atom stereocenters. The van der Waals surface area contributed by atoms with Gasteiger partial charge in [-0.2, -0.15) is 0 Å². The number of rotatable bonds is 5. The van der Waals surface area contributed by atoms with Crippen molar-refractivity contribution < 1.29 is 4.74 Å². The number of hydrogen-bond acceptors (Lipinski definition) is 3. The normalized spacial score (nSPS) is 10.7. The molecule has 2 aromatic rings. The fourth-order valence-electron chi connectivity index (χ4n) is 1.75. The van der Waals surface area contributed by atoms with E-state index in [1.807, 2.05) is 35.9 Å². The lowest BCUT2D eigenvalue weighted by Crippen LogP contribution is -2.11.